The molecule has 2 aromatic rings. The topological polar surface area (TPSA) is 55.1 Å². The quantitative estimate of drug-likeness (QED) is 0.906. The van der Waals surface area contributed by atoms with E-state index in [1.807, 2.05) is 20.9 Å². The zero-order chi connectivity index (χ0) is 18.1. The second-order valence-electron chi connectivity index (χ2n) is 7.41. The maximum atomic E-state index is 12.8. The van der Waals surface area contributed by atoms with E-state index in [4.69, 9.17) is 0 Å². The van der Waals surface area contributed by atoms with Gasteiger partial charge in [0.2, 0.25) is 0 Å². The van der Waals surface area contributed by atoms with Crippen LogP contribution in [0.5, 0.6) is 0 Å². The summed E-state index contributed by atoms with van der Waals surface area (Å²) in [6.45, 7) is 11.4. The Kier molecular flexibility index (Phi) is 4.99. The summed E-state index contributed by atoms with van der Waals surface area (Å²) in [7, 11) is 1.88. The first-order valence-corrected chi connectivity index (χ1v) is 9.08. The average Bonchev–Trinajstić information content (AvgIpc) is 3.25. The third-order valence-corrected chi connectivity index (χ3v) is 5.23. The minimum absolute atomic E-state index is 0.0430. The molecule has 136 valence electrons. The smallest absolute Gasteiger partial charge is 0.256 e. The Balaban J connectivity index is 1.72. The molecule has 0 radical (unpaired) electrons. The number of amides is 1. The molecule has 1 unspecified atom stereocenters. The summed E-state index contributed by atoms with van der Waals surface area (Å²) in [4.78, 5) is 15.2. The Labute approximate surface area is 149 Å². The zero-order valence-corrected chi connectivity index (χ0v) is 15.9. The van der Waals surface area contributed by atoms with Gasteiger partial charge in [0.1, 0.15) is 11.4 Å². The molecule has 6 nitrogen and oxygen atoms in total. The number of nitrogens with zero attached hydrogens (tertiary/aromatic N) is 4. The molecule has 0 bridgehead atoms. The molecule has 1 amide bonds. The van der Waals surface area contributed by atoms with Crippen LogP contribution in [0.4, 0.5) is 0 Å². The Morgan fingerprint density at radius 3 is 2.60 bits per heavy atom. The molecule has 1 fully saturated rings. The van der Waals surface area contributed by atoms with E-state index in [-0.39, 0.29) is 5.91 Å². The molecule has 0 spiro atoms. The minimum atomic E-state index is -0.0430. The number of carbonyl (C=O) groups is 1. The van der Waals surface area contributed by atoms with Gasteiger partial charge in [0.15, 0.2) is 0 Å². The number of likely N-dealkylation sites (tertiary alicyclic amines) is 1. The standard InChI is InChI=1S/C19H29N5O/c1-13(2)23-9-8-16(12-23)10-20-18(25)17-11-21-22(5)19(17)24-14(3)6-7-15(24)4/h6-7,11,13,16H,8-10,12H2,1-5H3,(H,20,25). The number of hydrogen-bond donors (Lipinski definition) is 1. The second-order valence-corrected chi connectivity index (χ2v) is 7.41. The summed E-state index contributed by atoms with van der Waals surface area (Å²) in [6.07, 6.45) is 2.81. The molecule has 0 aromatic carbocycles. The van der Waals surface area contributed by atoms with E-state index < -0.39 is 0 Å². The lowest BCUT2D eigenvalue weighted by atomic mass is 10.1. The van der Waals surface area contributed by atoms with E-state index in [0.717, 1.165) is 43.3 Å². The van der Waals surface area contributed by atoms with E-state index in [1.54, 1.807) is 10.9 Å². The minimum Gasteiger partial charge on any atom is -0.352 e. The summed E-state index contributed by atoms with van der Waals surface area (Å²) in [5.74, 6) is 1.31. The SMILES string of the molecule is Cc1ccc(C)n1-c1c(C(=O)NCC2CCN(C(C)C)C2)cnn1C. The molecule has 3 heterocycles. The summed E-state index contributed by atoms with van der Waals surface area (Å²) in [6, 6.07) is 4.69. The van der Waals surface area contributed by atoms with Crippen molar-refractivity contribution in [2.24, 2.45) is 13.0 Å². The molecule has 25 heavy (non-hydrogen) atoms. The number of nitrogens with one attached hydrogen (secondary N) is 1. The highest BCUT2D eigenvalue weighted by Gasteiger charge is 2.25. The van der Waals surface area contributed by atoms with Crippen molar-refractivity contribution in [3.63, 3.8) is 0 Å². The number of carbonyl (C=O) groups excluding carboxylic acids is 1. The van der Waals surface area contributed by atoms with Crippen LogP contribution >= 0.6 is 0 Å². The Morgan fingerprint density at radius 2 is 2.00 bits per heavy atom. The third kappa shape index (κ3) is 3.49. The predicted octanol–water partition coefficient (Wildman–Crippen LogP) is 2.29. The normalized spacial score (nSPS) is 18.2. The predicted molar refractivity (Wildman–Crippen MR) is 99.2 cm³/mol. The largest absolute Gasteiger partial charge is 0.352 e. The first-order chi connectivity index (χ1) is 11.9. The van der Waals surface area contributed by atoms with Gasteiger partial charge in [-0.05, 0) is 58.7 Å². The van der Waals surface area contributed by atoms with Gasteiger partial charge in [-0.2, -0.15) is 5.10 Å². The van der Waals surface area contributed by atoms with Crippen molar-refractivity contribution in [1.29, 1.82) is 0 Å². The molecule has 1 saturated heterocycles. The molecule has 0 aliphatic carbocycles. The van der Waals surface area contributed by atoms with Crippen molar-refractivity contribution in [2.45, 2.75) is 40.2 Å². The Hall–Kier alpha value is -2.08. The first kappa shape index (κ1) is 17.7. The van der Waals surface area contributed by atoms with Crippen molar-refractivity contribution >= 4 is 5.91 Å². The van der Waals surface area contributed by atoms with Gasteiger partial charge in [0, 0.05) is 37.6 Å². The fourth-order valence-electron chi connectivity index (χ4n) is 3.69. The summed E-state index contributed by atoms with van der Waals surface area (Å²) < 4.78 is 3.85. The monoisotopic (exact) mass is 343 g/mol. The molecule has 2 aromatic heterocycles. The number of aryl methyl sites for hydroxylation is 3. The lowest BCUT2D eigenvalue weighted by Gasteiger charge is -2.20. The van der Waals surface area contributed by atoms with Crippen molar-refractivity contribution in [2.75, 3.05) is 19.6 Å². The van der Waals surface area contributed by atoms with Crippen LogP contribution in [0.15, 0.2) is 18.3 Å². The van der Waals surface area contributed by atoms with Crippen molar-refractivity contribution < 1.29 is 4.79 Å². The molecular formula is C19H29N5O. The molecular weight excluding hydrogens is 314 g/mol. The van der Waals surface area contributed by atoms with Crippen LogP contribution < -0.4 is 5.32 Å². The van der Waals surface area contributed by atoms with Gasteiger partial charge < -0.3 is 14.8 Å². The Bertz CT molecular complexity index is 738. The van der Waals surface area contributed by atoms with E-state index in [2.05, 4.69) is 45.9 Å². The van der Waals surface area contributed by atoms with E-state index in [9.17, 15) is 4.79 Å². The van der Waals surface area contributed by atoms with Crippen LogP contribution in [-0.4, -0.2) is 50.8 Å². The molecule has 1 aliphatic heterocycles. The van der Waals surface area contributed by atoms with Crippen LogP contribution in [-0.2, 0) is 7.05 Å². The summed E-state index contributed by atoms with van der Waals surface area (Å²) in [5.41, 5.74) is 2.82. The molecule has 1 atom stereocenters. The second kappa shape index (κ2) is 7.04. The van der Waals surface area contributed by atoms with Gasteiger partial charge >= 0.3 is 0 Å². The van der Waals surface area contributed by atoms with E-state index in [1.165, 1.54) is 0 Å². The highest BCUT2D eigenvalue weighted by molar-refractivity contribution is 5.97. The van der Waals surface area contributed by atoms with Gasteiger partial charge in [-0.15, -0.1) is 0 Å². The summed E-state index contributed by atoms with van der Waals surface area (Å²) in [5, 5.41) is 7.44. The number of aromatic nitrogens is 3. The maximum Gasteiger partial charge on any atom is 0.256 e. The molecule has 1 N–H and O–H groups in total. The average molecular weight is 343 g/mol. The molecule has 0 saturated carbocycles. The van der Waals surface area contributed by atoms with Gasteiger partial charge in [-0.3, -0.25) is 9.48 Å². The number of hydrogen-bond acceptors (Lipinski definition) is 3. The molecule has 1 aliphatic rings. The lowest BCUT2D eigenvalue weighted by Crippen LogP contribution is -2.33. The van der Waals surface area contributed by atoms with Crippen LogP contribution in [0, 0.1) is 19.8 Å². The third-order valence-electron chi connectivity index (χ3n) is 5.23. The summed E-state index contributed by atoms with van der Waals surface area (Å²) >= 11 is 0. The van der Waals surface area contributed by atoms with E-state index in [0.29, 0.717) is 17.5 Å². The van der Waals surface area contributed by atoms with Gasteiger partial charge in [0.25, 0.3) is 5.91 Å². The van der Waals surface area contributed by atoms with Gasteiger partial charge in [0.05, 0.1) is 6.20 Å². The van der Waals surface area contributed by atoms with Crippen LogP contribution in [0.2, 0.25) is 0 Å². The van der Waals surface area contributed by atoms with Crippen molar-refractivity contribution in [3.8, 4) is 5.82 Å². The Morgan fingerprint density at radius 1 is 1.32 bits per heavy atom. The fraction of sp³-hybridized carbons (Fsp3) is 0.579. The zero-order valence-electron chi connectivity index (χ0n) is 15.9. The number of rotatable bonds is 5. The lowest BCUT2D eigenvalue weighted by molar-refractivity contribution is 0.0947. The fourth-order valence-corrected chi connectivity index (χ4v) is 3.69. The molecule has 6 heteroatoms. The van der Waals surface area contributed by atoms with Crippen molar-refractivity contribution in [3.05, 3.63) is 35.3 Å². The first-order valence-electron chi connectivity index (χ1n) is 9.08. The van der Waals surface area contributed by atoms with Gasteiger partial charge in [-0.1, -0.05) is 0 Å². The van der Waals surface area contributed by atoms with Gasteiger partial charge in [-0.25, -0.2) is 0 Å². The van der Waals surface area contributed by atoms with Crippen LogP contribution in [0.1, 0.15) is 42.0 Å². The van der Waals surface area contributed by atoms with Crippen LogP contribution in [0.25, 0.3) is 5.82 Å². The highest BCUT2D eigenvalue weighted by atomic mass is 16.1. The molecule has 3 rings (SSSR count). The highest BCUT2D eigenvalue weighted by Crippen LogP contribution is 2.21. The van der Waals surface area contributed by atoms with Crippen LogP contribution in [0.3, 0.4) is 0 Å². The van der Waals surface area contributed by atoms with E-state index >= 15 is 0 Å². The van der Waals surface area contributed by atoms with Crippen molar-refractivity contribution in [1.82, 2.24) is 24.6 Å². The maximum absolute atomic E-state index is 12.8.